The third-order valence-corrected chi connectivity index (χ3v) is 4.08. The van der Waals surface area contributed by atoms with Gasteiger partial charge in [0.25, 0.3) is 5.56 Å². The van der Waals surface area contributed by atoms with Gasteiger partial charge in [0.2, 0.25) is 8.03 Å². The van der Waals surface area contributed by atoms with Crippen LogP contribution in [0.25, 0.3) is 0 Å². The van der Waals surface area contributed by atoms with Crippen LogP contribution < -0.4 is 11.2 Å². The van der Waals surface area contributed by atoms with Gasteiger partial charge >= 0.3 is 5.69 Å². The zero-order chi connectivity index (χ0) is 15.6. The van der Waals surface area contributed by atoms with Crippen molar-refractivity contribution in [1.82, 2.24) is 9.55 Å². The number of ether oxygens (including phenoxy) is 1. The van der Waals surface area contributed by atoms with Crippen LogP contribution in [0, 0.1) is 6.92 Å². The molecule has 0 aromatic carbocycles. The molecule has 1 aliphatic heterocycles. The van der Waals surface area contributed by atoms with Crippen molar-refractivity contribution in [1.29, 1.82) is 0 Å². The number of aliphatic hydroxyl groups is 1. The first-order valence-corrected chi connectivity index (χ1v) is 7.73. The summed E-state index contributed by atoms with van der Waals surface area (Å²) in [6.45, 7) is 1.57. The number of aromatic nitrogens is 2. The molecular weight excluding hydrogens is 299 g/mol. The molecule has 2 unspecified atom stereocenters. The number of H-pyrrole nitrogens is 1. The molecular formula is C12H17N2O6P. The predicted molar refractivity (Wildman–Crippen MR) is 75.7 cm³/mol. The van der Waals surface area contributed by atoms with Gasteiger partial charge in [-0.15, -0.1) is 0 Å². The number of aromatic amines is 1. The summed E-state index contributed by atoms with van der Waals surface area (Å²) < 4.78 is 22.6. The topological polar surface area (TPSA) is 111 Å². The molecule has 2 heterocycles. The van der Waals surface area contributed by atoms with Crippen LogP contribution in [0.1, 0.15) is 18.2 Å². The van der Waals surface area contributed by atoms with Crippen molar-refractivity contribution in [3.63, 3.8) is 0 Å². The van der Waals surface area contributed by atoms with E-state index < -0.39 is 37.7 Å². The summed E-state index contributed by atoms with van der Waals surface area (Å²) in [6.07, 6.45) is 0.827. The molecule has 2 rings (SSSR count). The van der Waals surface area contributed by atoms with Crippen molar-refractivity contribution in [2.24, 2.45) is 0 Å². The maximum atomic E-state index is 11.8. The highest BCUT2D eigenvalue weighted by atomic mass is 31.1. The van der Waals surface area contributed by atoms with E-state index >= 15 is 0 Å². The number of aryl methyl sites for hydroxylation is 1. The SMILES string of the molecule is CO[PH](=O)/C=C/[C@H]1O[C@@H](n2cc(C)c(=O)[nH]c2=O)CC1O. The van der Waals surface area contributed by atoms with E-state index in [-0.39, 0.29) is 6.42 Å². The molecule has 1 aromatic rings. The Balaban J connectivity index is 2.20. The summed E-state index contributed by atoms with van der Waals surface area (Å²) in [5.74, 6) is 1.34. The van der Waals surface area contributed by atoms with E-state index in [1.165, 1.54) is 29.8 Å². The molecule has 4 atom stereocenters. The third-order valence-electron chi connectivity index (χ3n) is 3.22. The van der Waals surface area contributed by atoms with E-state index in [0.717, 1.165) is 0 Å². The van der Waals surface area contributed by atoms with E-state index in [9.17, 15) is 19.3 Å². The van der Waals surface area contributed by atoms with Crippen LogP contribution in [0.4, 0.5) is 0 Å². The zero-order valence-electron chi connectivity index (χ0n) is 11.6. The van der Waals surface area contributed by atoms with Gasteiger partial charge in [-0.2, -0.15) is 0 Å². The fraction of sp³-hybridized carbons (Fsp3) is 0.500. The highest BCUT2D eigenvalue weighted by Gasteiger charge is 2.34. The Labute approximate surface area is 120 Å². The summed E-state index contributed by atoms with van der Waals surface area (Å²) in [5, 5.41) is 9.93. The minimum atomic E-state index is -2.28. The Bertz CT molecular complexity index is 679. The van der Waals surface area contributed by atoms with Gasteiger partial charge in [0, 0.05) is 25.3 Å². The first kappa shape index (κ1) is 15.9. The number of nitrogens with one attached hydrogen (secondary N) is 1. The van der Waals surface area contributed by atoms with Crippen molar-refractivity contribution < 1.29 is 18.9 Å². The van der Waals surface area contributed by atoms with Crippen LogP contribution >= 0.6 is 8.03 Å². The lowest BCUT2D eigenvalue weighted by atomic mass is 10.2. The standard InChI is InChI=1S/C12H17N2O6P/c1-7-6-14(12(17)13-11(7)16)10-5-8(15)9(20-10)3-4-21(18)19-2/h3-4,6,8-10,15,21H,5H2,1-2H3,(H,13,16,17)/b4-3+/t8?,9-,10-/m1/s1. The maximum Gasteiger partial charge on any atom is 0.330 e. The normalized spacial score (nSPS) is 27.3. The molecule has 0 saturated carbocycles. The lowest BCUT2D eigenvalue weighted by Gasteiger charge is -2.14. The summed E-state index contributed by atoms with van der Waals surface area (Å²) in [6, 6.07) is 0. The molecule has 116 valence electrons. The van der Waals surface area contributed by atoms with Crippen molar-refractivity contribution in [2.45, 2.75) is 31.8 Å². The molecule has 1 saturated heterocycles. The van der Waals surface area contributed by atoms with Crippen molar-refractivity contribution in [2.75, 3.05) is 7.11 Å². The first-order chi connectivity index (χ1) is 9.92. The molecule has 0 bridgehead atoms. The minimum absolute atomic E-state index is 0.189. The van der Waals surface area contributed by atoms with Crippen LogP contribution in [0.15, 0.2) is 27.7 Å². The Hall–Kier alpha value is -1.47. The fourth-order valence-corrected chi connectivity index (χ4v) is 2.55. The second kappa shape index (κ2) is 6.53. The lowest BCUT2D eigenvalue weighted by molar-refractivity contribution is 0.00479. The van der Waals surface area contributed by atoms with Gasteiger partial charge < -0.3 is 14.4 Å². The molecule has 1 aromatic heterocycles. The molecule has 8 nitrogen and oxygen atoms in total. The summed E-state index contributed by atoms with van der Waals surface area (Å²) in [4.78, 5) is 25.3. The van der Waals surface area contributed by atoms with Crippen LogP contribution in [-0.4, -0.2) is 34.0 Å². The molecule has 1 fully saturated rings. The second-order valence-corrected chi connectivity index (χ2v) is 6.10. The van der Waals surface area contributed by atoms with Crippen LogP contribution in [0.2, 0.25) is 0 Å². The summed E-state index contributed by atoms with van der Waals surface area (Å²) in [7, 11) is -0.956. The highest BCUT2D eigenvalue weighted by Crippen LogP contribution is 2.30. The van der Waals surface area contributed by atoms with Crippen LogP contribution in [0.3, 0.4) is 0 Å². The average molecular weight is 316 g/mol. The Morgan fingerprint density at radius 1 is 1.57 bits per heavy atom. The smallest absolute Gasteiger partial charge is 0.330 e. The summed E-state index contributed by atoms with van der Waals surface area (Å²) >= 11 is 0. The van der Waals surface area contributed by atoms with Gasteiger partial charge in [-0.1, -0.05) is 0 Å². The Morgan fingerprint density at radius 2 is 2.29 bits per heavy atom. The van der Waals surface area contributed by atoms with Crippen LogP contribution in [0.5, 0.6) is 0 Å². The molecule has 0 amide bonds. The van der Waals surface area contributed by atoms with Gasteiger partial charge in [0.15, 0.2) is 0 Å². The Morgan fingerprint density at radius 3 is 2.95 bits per heavy atom. The molecule has 2 N–H and O–H groups in total. The van der Waals surface area contributed by atoms with Gasteiger partial charge in [0.1, 0.15) is 12.3 Å². The number of rotatable bonds is 4. The quantitative estimate of drug-likeness (QED) is 0.764. The second-order valence-electron chi connectivity index (χ2n) is 4.72. The van der Waals surface area contributed by atoms with Crippen molar-refractivity contribution in [3.8, 4) is 0 Å². The molecule has 0 aliphatic carbocycles. The highest BCUT2D eigenvalue weighted by molar-refractivity contribution is 7.42. The van der Waals surface area contributed by atoms with Gasteiger partial charge in [-0.05, 0) is 18.8 Å². The lowest BCUT2D eigenvalue weighted by Crippen LogP contribution is -2.33. The predicted octanol–water partition coefficient (Wildman–Crippen LogP) is 0.128. The number of hydrogen-bond acceptors (Lipinski definition) is 6. The van der Waals surface area contributed by atoms with Gasteiger partial charge in [0.05, 0.1) is 6.10 Å². The first-order valence-electron chi connectivity index (χ1n) is 6.34. The number of aliphatic hydroxyl groups excluding tert-OH is 1. The zero-order valence-corrected chi connectivity index (χ0v) is 12.6. The molecule has 21 heavy (non-hydrogen) atoms. The van der Waals surface area contributed by atoms with Crippen molar-refractivity contribution in [3.05, 3.63) is 44.5 Å². The molecule has 1 aliphatic rings. The van der Waals surface area contributed by atoms with E-state index in [0.29, 0.717) is 5.56 Å². The maximum absolute atomic E-state index is 11.8. The minimum Gasteiger partial charge on any atom is -0.390 e. The van der Waals surface area contributed by atoms with Crippen LogP contribution in [-0.2, 0) is 13.8 Å². The molecule has 9 heteroatoms. The monoisotopic (exact) mass is 316 g/mol. The third kappa shape index (κ3) is 3.59. The number of nitrogens with zero attached hydrogens (tertiary/aromatic N) is 1. The summed E-state index contributed by atoms with van der Waals surface area (Å²) in [5.41, 5.74) is -0.682. The van der Waals surface area contributed by atoms with Crippen molar-refractivity contribution >= 4 is 8.03 Å². The molecule has 0 spiro atoms. The van der Waals surface area contributed by atoms with Gasteiger partial charge in [-0.3, -0.25) is 18.9 Å². The largest absolute Gasteiger partial charge is 0.390 e. The average Bonchev–Trinajstić information content (AvgIpc) is 2.81. The van der Waals surface area contributed by atoms with E-state index in [1.54, 1.807) is 6.92 Å². The molecule has 0 radical (unpaired) electrons. The van der Waals surface area contributed by atoms with Gasteiger partial charge in [-0.25, -0.2) is 4.79 Å². The number of hydrogen-bond donors (Lipinski definition) is 2. The van der Waals surface area contributed by atoms with E-state index in [1.807, 2.05) is 0 Å². The van der Waals surface area contributed by atoms with E-state index in [4.69, 9.17) is 4.74 Å². The fourth-order valence-electron chi connectivity index (χ4n) is 2.06. The Kier molecular flexibility index (Phi) is 4.95. The van der Waals surface area contributed by atoms with E-state index in [2.05, 4.69) is 9.51 Å².